The van der Waals surface area contributed by atoms with Gasteiger partial charge in [0.2, 0.25) is 0 Å². The summed E-state index contributed by atoms with van der Waals surface area (Å²) >= 11 is 2.83. The minimum absolute atomic E-state index is 0.199. The van der Waals surface area contributed by atoms with Gasteiger partial charge in [0.1, 0.15) is 22.0 Å². The number of esters is 1. The molecule has 0 aliphatic heterocycles. The lowest BCUT2D eigenvalue weighted by atomic mass is 10.1. The molecule has 7 heteroatoms. The van der Waals surface area contributed by atoms with Crippen LogP contribution in [0.15, 0.2) is 41.0 Å². The van der Waals surface area contributed by atoms with Crippen LogP contribution in [0.4, 0.5) is 4.39 Å². The molecular weight excluding hydrogens is 347 g/mol. The van der Waals surface area contributed by atoms with Crippen LogP contribution in [0.1, 0.15) is 13.3 Å². The minimum Gasteiger partial charge on any atom is -0.465 e. The van der Waals surface area contributed by atoms with Crippen LogP contribution >= 0.6 is 23.1 Å². The van der Waals surface area contributed by atoms with E-state index in [0.29, 0.717) is 6.61 Å². The fraction of sp³-hybridized carbons (Fsp3) is 0.235. The van der Waals surface area contributed by atoms with Crippen LogP contribution in [0, 0.1) is 5.82 Å². The van der Waals surface area contributed by atoms with Crippen molar-refractivity contribution >= 4 is 39.3 Å². The maximum Gasteiger partial charge on any atom is 0.316 e. The third-order valence-corrected chi connectivity index (χ3v) is 5.13. The summed E-state index contributed by atoms with van der Waals surface area (Å²) < 4.78 is 18.2. The van der Waals surface area contributed by atoms with E-state index in [9.17, 15) is 9.18 Å². The lowest BCUT2D eigenvalue weighted by Gasteiger charge is -2.06. The highest BCUT2D eigenvalue weighted by atomic mass is 32.2. The zero-order valence-corrected chi connectivity index (χ0v) is 14.6. The Labute approximate surface area is 147 Å². The van der Waals surface area contributed by atoms with E-state index in [-0.39, 0.29) is 17.5 Å². The Balaban J connectivity index is 1.90. The highest BCUT2D eigenvalue weighted by molar-refractivity contribution is 8.00. The molecule has 2 aromatic heterocycles. The number of rotatable bonds is 6. The van der Waals surface area contributed by atoms with Crippen LogP contribution in [-0.2, 0) is 9.53 Å². The van der Waals surface area contributed by atoms with E-state index >= 15 is 0 Å². The van der Waals surface area contributed by atoms with Crippen molar-refractivity contribution < 1.29 is 13.9 Å². The minimum atomic E-state index is -0.275. The summed E-state index contributed by atoms with van der Waals surface area (Å²) in [5.74, 6) is -0.333. The Morgan fingerprint density at radius 2 is 2.08 bits per heavy atom. The van der Waals surface area contributed by atoms with Gasteiger partial charge in [-0.05, 0) is 24.1 Å². The molecule has 0 saturated carbocycles. The smallest absolute Gasteiger partial charge is 0.316 e. The van der Waals surface area contributed by atoms with Crippen molar-refractivity contribution in [3.8, 4) is 11.1 Å². The van der Waals surface area contributed by atoms with Gasteiger partial charge >= 0.3 is 5.97 Å². The number of nitrogens with zero attached hydrogens (tertiary/aromatic N) is 2. The number of thiophene rings is 1. The Morgan fingerprint density at radius 1 is 1.29 bits per heavy atom. The molecule has 0 amide bonds. The molecule has 2 heterocycles. The van der Waals surface area contributed by atoms with Crippen molar-refractivity contribution in [3.05, 3.63) is 41.8 Å². The molecule has 0 fully saturated rings. The normalized spacial score (nSPS) is 10.9. The van der Waals surface area contributed by atoms with E-state index in [2.05, 4.69) is 9.97 Å². The first-order valence-electron chi connectivity index (χ1n) is 7.45. The molecule has 4 nitrogen and oxygen atoms in total. The molecule has 0 aliphatic carbocycles. The van der Waals surface area contributed by atoms with Gasteiger partial charge in [-0.25, -0.2) is 14.4 Å². The van der Waals surface area contributed by atoms with Crippen LogP contribution in [0.2, 0.25) is 0 Å². The highest BCUT2D eigenvalue weighted by Gasteiger charge is 2.15. The lowest BCUT2D eigenvalue weighted by molar-refractivity contribution is -0.140. The zero-order valence-electron chi connectivity index (χ0n) is 13.0. The first-order valence-corrected chi connectivity index (χ1v) is 9.32. The number of benzene rings is 1. The average Bonchev–Trinajstić information content (AvgIpc) is 3.03. The van der Waals surface area contributed by atoms with Gasteiger partial charge < -0.3 is 4.74 Å². The first kappa shape index (κ1) is 16.9. The molecule has 0 bridgehead atoms. The quantitative estimate of drug-likeness (QED) is 0.366. The molecule has 0 atom stereocenters. The Morgan fingerprint density at radius 3 is 2.83 bits per heavy atom. The third kappa shape index (κ3) is 3.73. The predicted molar refractivity (Wildman–Crippen MR) is 94.8 cm³/mol. The van der Waals surface area contributed by atoms with Gasteiger partial charge in [-0.3, -0.25) is 4.79 Å². The maximum atomic E-state index is 13.2. The summed E-state index contributed by atoms with van der Waals surface area (Å²) in [6, 6.07) is 6.32. The van der Waals surface area contributed by atoms with Crippen molar-refractivity contribution in [1.82, 2.24) is 9.97 Å². The van der Waals surface area contributed by atoms with Gasteiger partial charge in [-0.2, -0.15) is 0 Å². The van der Waals surface area contributed by atoms with Gasteiger partial charge in [-0.1, -0.05) is 30.8 Å². The number of thioether (sulfide) groups is 1. The topological polar surface area (TPSA) is 52.1 Å². The number of hydrogen-bond acceptors (Lipinski definition) is 6. The molecular formula is C17H15FN2O2S2. The molecule has 1 aromatic carbocycles. The highest BCUT2D eigenvalue weighted by Crippen LogP contribution is 2.37. The number of halogens is 1. The van der Waals surface area contributed by atoms with Crippen molar-refractivity contribution in [2.24, 2.45) is 0 Å². The fourth-order valence-corrected chi connectivity index (χ4v) is 3.97. The van der Waals surface area contributed by atoms with E-state index in [1.807, 2.05) is 12.3 Å². The monoisotopic (exact) mass is 362 g/mol. The van der Waals surface area contributed by atoms with Gasteiger partial charge in [0, 0.05) is 10.9 Å². The summed E-state index contributed by atoms with van der Waals surface area (Å²) in [5.41, 5.74) is 1.84. The number of hydrogen-bond donors (Lipinski definition) is 0. The van der Waals surface area contributed by atoms with Gasteiger partial charge in [0.25, 0.3) is 0 Å². The molecule has 0 aliphatic rings. The maximum absolute atomic E-state index is 13.2. The molecule has 0 unspecified atom stereocenters. The number of aromatic nitrogens is 2. The summed E-state index contributed by atoms with van der Waals surface area (Å²) in [7, 11) is 0. The Bertz CT molecular complexity index is 849. The largest absolute Gasteiger partial charge is 0.465 e. The molecule has 0 radical (unpaired) electrons. The molecule has 0 saturated heterocycles. The second-order valence-electron chi connectivity index (χ2n) is 5.02. The molecule has 0 N–H and O–H groups in total. The van der Waals surface area contributed by atoms with Crippen molar-refractivity contribution in [1.29, 1.82) is 0 Å². The van der Waals surface area contributed by atoms with Crippen LogP contribution in [0.3, 0.4) is 0 Å². The summed E-state index contributed by atoms with van der Waals surface area (Å²) in [6.45, 7) is 2.38. The second kappa shape index (κ2) is 7.72. The average molecular weight is 362 g/mol. The summed E-state index contributed by atoms with van der Waals surface area (Å²) in [4.78, 5) is 21.2. The van der Waals surface area contributed by atoms with E-state index in [1.165, 1.54) is 41.6 Å². The van der Waals surface area contributed by atoms with E-state index < -0.39 is 0 Å². The number of ether oxygens (including phenoxy) is 1. The van der Waals surface area contributed by atoms with Gasteiger partial charge in [0.05, 0.1) is 17.7 Å². The third-order valence-electron chi connectivity index (χ3n) is 3.28. The Hall–Kier alpha value is -1.99. The number of carbonyl (C=O) groups excluding carboxylic acids is 1. The summed E-state index contributed by atoms with van der Waals surface area (Å²) in [6.07, 6.45) is 2.29. The van der Waals surface area contributed by atoms with Gasteiger partial charge in [-0.15, -0.1) is 11.3 Å². The number of fused-ring (bicyclic) bond motifs is 1. The van der Waals surface area contributed by atoms with E-state index in [1.54, 1.807) is 12.1 Å². The van der Waals surface area contributed by atoms with Crippen molar-refractivity contribution in [2.45, 2.75) is 18.4 Å². The standard InChI is InChI=1S/C17H15FN2O2S2/c1-2-7-22-14(21)9-24-17-15-13(8-23-16(15)19-10-20-17)11-3-5-12(18)6-4-11/h3-6,8,10H,2,7,9H2,1H3. The van der Waals surface area contributed by atoms with Gasteiger partial charge in [0.15, 0.2) is 0 Å². The first-order chi connectivity index (χ1) is 11.7. The second-order valence-corrected chi connectivity index (χ2v) is 6.85. The van der Waals surface area contributed by atoms with E-state index in [4.69, 9.17) is 4.74 Å². The van der Waals surface area contributed by atoms with Crippen LogP contribution < -0.4 is 0 Å². The lowest BCUT2D eigenvalue weighted by Crippen LogP contribution is -2.08. The molecule has 0 spiro atoms. The zero-order chi connectivity index (χ0) is 16.9. The molecule has 3 rings (SSSR count). The van der Waals surface area contributed by atoms with Crippen LogP contribution in [0.25, 0.3) is 21.3 Å². The SMILES string of the molecule is CCCOC(=O)CSc1ncnc2scc(-c3ccc(F)cc3)c12. The molecule has 3 aromatic rings. The van der Waals surface area contributed by atoms with Crippen molar-refractivity contribution in [3.63, 3.8) is 0 Å². The predicted octanol–water partition coefficient (Wildman–Crippen LogP) is 4.54. The van der Waals surface area contributed by atoms with E-state index in [0.717, 1.165) is 32.8 Å². The molecule has 24 heavy (non-hydrogen) atoms. The van der Waals surface area contributed by atoms with Crippen molar-refractivity contribution in [2.75, 3.05) is 12.4 Å². The molecule has 124 valence electrons. The van der Waals surface area contributed by atoms with Crippen LogP contribution in [0.5, 0.6) is 0 Å². The fourth-order valence-electron chi connectivity index (χ4n) is 2.18. The van der Waals surface area contributed by atoms with Crippen LogP contribution in [-0.4, -0.2) is 28.3 Å². The Kier molecular flexibility index (Phi) is 5.42. The number of carbonyl (C=O) groups is 1. The summed E-state index contributed by atoms with van der Waals surface area (Å²) in [5, 5.41) is 3.60.